The monoisotopic (exact) mass is 557 g/mol. The topological polar surface area (TPSA) is 72.5 Å². The van der Waals surface area contributed by atoms with Crippen LogP contribution in [0.15, 0.2) is 66.8 Å². The van der Waals surface area contributed by atoms with E-state index in [1.165, 1.54) is 12.5 Å². The van der Waals surface area contributed by atoms with Crippen molar-refractivity contribution < 1.29 is 19.1 Å². The lowest BCUT2D eigenvalue weighted by Crippen LogP contribution is -2.22. The number of unbranched alkanes of at least 4 members (excludes halogenated alkanes) is 2. The molecule has 3 rings (SSSR count). The Balaban J connectivity index is 1.42. The first-order valence-corrected chi connectivity index (χ1v) is 15.3. The van der Waals surface area contributed by atoms with Gasteiger partial charge in [-0.2, -0.15) is 0 Å². The summed E-state index contributed by atoms with van der Waals surface area (Å²) < 4.78 is 5.61. The Morgan fingerprint density at radius 2 is 1.61 bits per heavy atom. The maximum atomic E-state index is 13.1. The van der Waals surface area contributed by atoms with Crippen molar-refractivity contribution in [1.82, 2.24) is 0 Å². The molecule has 1 saturated carbocycles. The minimum atomic E-state index is -0.237. The summed E-state index contributed by atoms with van der Waals surface area (Å²) >= 11 is 0. The van der Waals surface area contributed by atoms with Crippen molar-refractivity contribution in [2.75, 3.05) is 12.4 Å². The van der Waals surface area contributed by atoms with E-state index in [4.69, 9.17) is 4.74 Å². The van der Waals surface area contributed by atoms with E-state index in [2.05, 4.69) is 31.0 Å². The Morgan fingerprint density at radius 1 is 0.927 bits per heavy atom. The van der Waals surface area contributed by atoms with E-state index in [0.717, 1.165) is 75.5 Å². The quantitative estimate of drug-likeness (QED) is 0.127. The highest BCUT2D eigenvalue weighted by molar-refractivity contribution is 6.08. The van der Waals surface area contributed by atoms with Gasteiger partial charge in [0.15, 0.2) is 5.78 Å². The van der Waals surface area contributed by atoms with Crippen LogP contribution >= 0.6 is 0 Å². The summed E-state index contributed by atoms with van der Waals surface area (Å²) in [6.45, 7) is 7.69. The predicted molar refractivity (Wildman–Crippen MR) is 168 cm³/mol. The molecule has 1 N–H and O–H groups in total. The molecule has 0 spiro atoms. The van der Waals surface area contributed by atoms with Crippen LogP contribution in [0.3, 0.4) is 0 Å². The third-order valence-electron chi connectivity index (χ3n) is 8.30. The van der Waals surface area contributed by atoms with Crippen LogP contribution in [0, 0.1) is 11.8 Å². The average molecular weight is 558 g/mol. The zero-order chi connectivity index (χ0) is 29.6. The summed E-state index contributed by atoms with van der Waals surface area (Å²) in [7, 11) is 1.71. The van der Waals surface area contributed by atoms with Gasteiger partial charge in [0.2, 0.25) is 0 Å². The normalized spacial score (nSPS) is 17.1. The number of amides is 1. The van der Waals surface area contributed by atoms with Gasteiger partial charge in [-0.1, -0.05) is 62.8 Å². The number of allylic oxidation sites excluding steroid dienone is 2. The smallest absolute Gasteiger partial charge is 0.251 e. The van der Waals surface area contributed by atoms with E-state index in [9.17, 15) is 14.4 Å². The van der Waals surface area contributed by atoms with Gasteiger partial charge in [-0.05, 0) is 94.4 Å². The minimum Gasteiger partial charge on any atom is -0.496 e. The van der Waals surface area contributed by atoms with E-state index in [1.54, 1.807) is 31.4 Å². The third kappa shape index (κ3) is 9.84. The summed E-state index contributed by atoms with van der Waals surface area (Å²) in [5.74, 6) is 1.62. The van der Waals surface area contributed by atoms with Gasteiger partial charge in [0.25, 0.3) is 5.91 Å². The van der Waals surface area contributed by atoms with Gasteiger partial charge < -0.3 is 10.1 Å². The summed E-state index contributed by atoms with van der Waals surface area (Å²) in [5.41, 5.74) is 3.97. The predicted octanol–water partition coefficient (Wildman–Crippen LogP) is 8.99. The van der Waals surface area contributed by atoms with Crippen molar-refractivity contribution >= 4 is 28.7 Å². The van der Waals surface area contributed by atoms with Gasteiger partial charge in [-0.25, -0.2) is 0 Å². The number of anilines is 1. The molecule has 0 unspecified atom stereocenters. The first-order valence-electron chi connectivity index (χ1n) is 15.3. The number of ketones is 2. The van der Waals surface area contributed by atoms with E-state index in [1.807, 2.05) is 18.2 Å². The summed E-state index contributed by atoms with van der Waals surface area (Å²) in [5, 5.41) is 2.84. The lowest BCUT2D eigenvalue weighted by molar-refractivity contribution is -0.124. The number of benzene rings is 2. The Labute approximate surface area is 246 Å². The molecular weight excluding hydrogens is 510 g/mol. The highest BCUT2D eigenvalue weighted by atomic mass is 16.5. The number of rotatable bonds is 16. The highest BCUT2D eigenvalue weighted by Gasteiger charge is 2.26. The van der Waals surface area contributed by atoms with Crippen LogP contribution in [0.1, 0.15) is 107 Å². The van der Waals surface area contributed by atoms with Gasteiger partial charge in [0, 0.05) is 29.0 Å². The minimum absolute atomic E-state index is 0.0851. The van der Waals surface area contributed by atoms with Crippen LogP contribution in [-0.4, -0.2) is 24.6 Å². The van der Waals surface area contributed by atoms with Crippen molar-refractivity contribution in [3.63, 3.8) is 0 Å². The second-order valence-electron chi connectivity index (χ2n) is 11.3. The number of para-hydroxylation sites is 2. The number of ether oxygens (including phenoxy) is 1. The second kappa shape index (κ2) is 16.7. The van der Waals surface area contributed by atoms with Gasteiger partial charge in [-0.3, -0.25) is 14.4 Å². The number of carbonyl (C=O) groups is 3. The lowest BCUT2D eigenvalue weighted by Gasteiger charge is -2.28. The molecule has 0 saturated heterocycles. The van der Waals surface area contributed by atoms with Crippen LogP contribution in [0.2, 0.25) is 0 Å². The molecule has 0 heterocycles. The second-order valence-corrected chi connectivity index (χ2v) is 11.3. The van der Waals surface area contributed by atoms with E-state index in [0.29, 0.717) is 41.4 Å². The van der Waals surface area contributed by atoms with Gasteiger partial charge in [0.1, 0.15) is 11.5 Å². The van der Waals surface area contributed by atoms with Crippen LogP contribution < -0.4 is 10.1 Å². The molecular formula is C36H47NO4. The maximum Gasteiger partial charge on any atom is 0.251 e. The molecule has 5 heteroatoms. The largest absolute Gasteiger partial charge is 0.496 e. The molecule has 1 aliphatic carbocycles. The zero-order valence-corrected chi connectivity index (χ0v) is 25.2. The molecule has 220 valence electrons. The standard InChI is InChI=1S/C36H47NO4/c1-5-6-7-13-29(32-16-9-11-19-35(32)41-4)14-12-18-34(39)30-24-22-28(23-25-30)21-20-26(2)36(40)37-33-17-10-8-15-31(33)27(3)38/h8-11,13,15-17,19,28,30H,2,5-7,12,14,18,20-25H2,1,3-4H3,(H,37,40). The van der Waals surface area contributed by atoms with Crippen LogP contribution in [-0.2, 0) is 9.59 Å². The molecule has 41 heavy (non-hydrogen) atoms. The molecule has 0 aromatic heterocycles. The van der Waals surface area contributed by atoms with Crippen molar-refractivity contribution in [2.24, 2.45) is 11.8 Å². The van der Waals surface area contributed by atoms with Crippen LogP contribution in [0.25, 0.3) is 5.57 Å². The van der Waals surface area contributed by atoms with E-state index < -0.39 is 0 Å². The number of nitrogens with one attached hydrogen (secondary N) is 1. The number of methoxy groups -OCH3 is 1. The van der Waals surface area contributed by atoms with Gasteiger partial charge in [-0.15, -0.1) is 0 Å². The highest BCUT2D eigenvalue weighted by Crippen LogP contribution is 2.35. The fourth-order valence-corrected chi connectivity index (χ4v) is 5.77. The first-order chi connectivity index (χ1) is 19.8. The van der Waals surface area contributed by atoms with E-state index in [-0.39, 0.29) is 17.6 Å². The average Bonchev–Trinajstić information content (AvgIpc) is 2.99. The third-order valence-corrected chi connectivity index (χ3v) is 8.30. The van der Waals surface area contributed by atoms with Crippen LogP contribution in [0.4, 0.5) is 5.69 Å². The van der Waals surface area contributed by atoms with Gasteiger partial charge in [0.05, 0.1) is 12.8 Å². The SMILES string of the molecule is C=C(CCC1CCC(C(=O)CCCC(=CCCCC)c2ccccc2OC)CC1)C(=O)Nc1ccccc1C(C)=O. The van der Waals surface area contributed by atoms with Crippen molar-refractivity contribution in [1.29, 1.82) is 0 Å². The molecule has 1 amide bonds. The number of Topliss-reactive ketones (excluding diaryl/α,β-unsaturated/α-hetero) is 2. The molecule has 0 atom stereocenters. The Bertz CT molecular complexity index is 1220. The number of hydrogen-bond acceptors (Lipinski definition) is 4. The zero-order valence-electron chi connectivity index (χ0n) is 25.2. The molecule has 1 fully saturated rings. The van der Waals surface area contributed by atoms with Crippen molar-refractivity contribution in [2.45, 2.75) is 90.9 Å². The fourth-order valence-electron chi connectivity index (χ4n) is 5.77. The van der Waals surface area contributed by atoms with Gasteiger partial charge >= 0.3 is 0 Å². The fraction of sp³-hybridized carbons (Fsp3) is 0.472. The molecule has 1 aliphatic rings. The van der Waals surface area contributed by atoms with Crippen LogP contribution in [0.5, 0.6) is 5.75 Å². The lowest BCUT2D eigenvalue weighted by atomic mass is 9.77. The van der Waals surface area contributed by atoms with E-state index >= 15 is 0 Å². The summed E-state index contributed by atoms with van der Waals surface area (Å²) in [6, 6.07) is 15.2. The Kier molecular flexibility index (Phi) is 13.1. The Hall–Kier alpha value is -3.47. The summed E-state index contributed by atoms with van der Waals surface area (Å²) in [6.07, 6.45) is 13.5. The molecule has 2 aromatic carbocycles. The molecule has 2 aromatic rings. The summed E-state index contributed by atoms with van der Waals surface area (Å²) in [4.78, 5) is 37.6. The van der Waals surface area contributed by atoms with Crippen molar-refractivity contribution in [3.05, 3.63) is 77.9 Å². The first kappa shape index (κ1) is 32.0. The Morgan fingerprint density at radius 3 is 2.29 bits per heavy atom. The molecule has 0 aliphatic heterocycles. The molecule has 0 bridgehead atoms. The maximum absolute atomic E-state index is 13.1. The molecule has 0 radical (unpaired) electrons. The van der Waals surface area contributed by atoms with Crippen molar-refractivity contribution in [3.8, 4) is 5.75 Å². The molecule has 5 nitrogen and oxygen atoms in total. The number of carbonyl (C=O) groups excluding carboxylic acids is 3. The number of hydrogen-bond donors (Lipinski definition) is 1.